The van der Waals surface area contributed by atoms with Crippen molar-refractivity contribution in [1.29, 1.82) is 0 Å². The van der Waals surface area contributed by atoms with Gasteiger partial charge in [-0.3, -0.25) is 4.79 Å². The average Bonchev–Trinajstić information content (AvgIpc) is 3.01. The standard InChI is InChI=1S/C26H26N4OS/c27-21(18-19-8-2-1-3-9-19)26(31)30-16-14-29(15-17-30)25-20-10-4-6-12-23(20)32-24-13-7-5-11-22(24)28-25/h1-13,21H,14-18,27H2/t21-/m1/s1. The van der Waals surface area contributed by atoms with Crippen LogP contribution < -0.4 is 5.73 Å². The maximum atomic E-state index is 13.0. The Kier molecular flexibility index (Phi) is 5.97. The van der Waals surface area contributed by atoms with E-state index in [1.807, 2.05) is 41.3 Å². The Morgan fingerprint density at radius 1 is 0.875 bits per heavy atom. The summed E-state index contributed by atoms with van der Waals surface area (Å²) in [4.78, 5) is 24.6. The zero-order chi connectivity index (χ0) is 21.9. The molecule has 2 aliphatic heterocycles. The molecule has 1 amide bonds. The van der Waals surface area contributed by atoms with Gasteiger partial charge in [0.1, 0.15) is 5.84 Å². The van der Waals surface area contributed by atoms with Crippen LogP contribution in [0.5, 0.6) is 0 Å². The molecule has 0 unspecified atom stereocenters. The highest BCUT2D eigenvalue weighted by molar-refractivity contribution is 7.99. The van der Waals surface area contributed by atoms with E-state index in [9.17, 15) is 4.79 Å². The minimum Gasteiger partial charge on any atom is -0.353 e. The van der Waals surface area contributed by atoms with Crippen molar-refractivity contribution in [2.45, 2.75) is 22.3 Å². The van der Waals surface area contributed by atoms with Crippen molar-refractivity contribution in [3.63, 3.8) is 0 Å². The Balaban J connectivity index is 1.31. The first-order valence-corrected chi connectivity index (χ1v) is 11.8. The molecule has 32 heavy (non-hydrogen) atoms. The van der Waals surface area contributed by atoms with Crippen molar-refractivity contribution in [3.8, 4) is 0 Å². The smallest absolute Gasteiger partial charge is 0.239 e. The normalized spacial score (nSPS) is 16.5. The number of piperazine rings is 1. The molecule has 3 aromatic rings. The summed E-state index contributed by atoms with van der Waals surface area (Å²) in [6, 6.07) is 26.1. The lowest BCUT2D eigenvalue weighted by Gasteiger charge is -2.37. The number of carbonyl (C=O) groups is 1. The number of nitrogens with zero attached hydrogens (tertiary/aromatic N) is 3. The molecule has 1 saturated heterocycles. The van der Waals surface area contributed by atoms with Crippen LogP contribution in [0.2, 0.25) is 0 Å². The molecule has 0 saturated carbocycles. The van der Waals surface area contributed by atoms with Crippen LogP contribution in [0.15, 0.2) is 93.6 Å². The Labute approximate surface area is 192 Å². The zero-order valence-electron chi connectivity index (χ0n) is 17.9. The number of hydrogen-bond donors (Lipinski definition) is 1. The topological polar surface area (TPSA) is 61.9 Å². The number of amidine groups is 1. The van der Waals surface area contributed by atoms with Crippen molar-refractivity contribution in [2.75, 3.05) is 26.2 Å². The molecule has 3 aromatic carbocycles. The van der Waals surface area contributed by atoms with Crippen molar-refractivity contribution in [1.82, 2.24) is 9.80 Å². The second kappa shape index (κ2) is 9.18. The van der Waals surface area contributed by atoms with Gasteiger partial charge in [0.2, 0.25) is 5.91 Å². The quantitative estimate of drug-likeness (QED) is 0.667. The molecule has 0 bridgehead atoms. The number of carbonyl (C=O) groups excluding carboxylic acids is 1. The summed E-state index contributed by atoms with van der Waals surface area (Å²) < 4.78 is 0. The second-order valence-corrected chi connectivity index (χ2v) is 9.19. The van der Waals surface area contributed by atoms with Gasteiger partial charge >= 0.3 is 0 Å². The Morgan fingerprint density at radius 3 is 2.31 bits per heavy atom. The van der Waals surface area contributed by atoms with Crippen LogP contribution in [-0.2, 0) is 11.2 Å². The molecular formula is C26H26N4OS. The molecule has 2 heterocycles. The number of rotatable bonds is 3. The third-order valence-electron chi connectivity index (χ3n) is 5.95. The van der Waals surface area contributed by atoms with E-state index < -0.39 is 6.04 Å². The van der Waals surface area contributed by atoms with Crippen molar-refractivity contribution < 1.29 is 4.79 Å². The van der Waals surface area contributed by atoms with E-state index in [0.29, 0.717) is 19.5 Å². The first-order valence-electron chi connectivity index (χ1n) is 11.0. The Morgan fingerprint density at radius 2 is 1.53 bits per heavy atom. The summed E-state index contributed by atoms with van der Waals surface area (Å²) >= 11 is 1.76. The summed E-state index contributed by atoms with van der Waals surface area (Å²) in [5, 5.41) is 0. The number of nitrogens with two attached hydrogens (primary N) is 1. The number of para-hydroxylation sites is 1. The molecule has 2 N–H and O–H groups in total. The highest BCUT2D eigenvalue weighted by atomic mass is 32.2. The van der Waals surface area contributed by atoms with Gasteiger partial charge in [0.15, 0.2) is 0 Å². The molecule has 2 aliphatic rings. The molecule has 162 valence electrons. The monoisotopic (exact) mass is 442 g/mol. The molecule has 1 atom stereocenters. The molecule has 0 aliphatic carbocycles. The molecule has 5 rings (SSSR count). The molecular weight excluding hydrogens is 416 g/mol. The van der Waals surface area contributed by atoms with Gasteiger partial charge in [-0.05, 0) is 30.2 Å². The third kappa shape index (κ3) is 4.29. The predicted molar refractivity (Wildman–Crippen MR) is 129 cm³/mol. The van der Waals surface area contributed by atoms with E-state index >= 15 is 0 Å². The fourth-order valence-corrected chi connectivity index (χ4v) is 5.26. The van der Waals surface area contributed by atoms with Crippen LogP contribution in [0.4, 0.5) is 5.69 Å². The van der Waals surface area contributed by atoms with Gasteiger partial charge in [-0.15, -0.1) is 0 Å². The summed E-state index contributed by atoms with van der Waals surface area (Å²) in [5.41, 5.74) is 9.49. The third-order valence-corrected chi connectivity index (χ3v) is 7.09. The van der Waals surface area contributed by atoms with Crippen LogP contribution in [0.25, 0.3) is 0 Å². The number of aliphatic imine (C=N–C) groups is 1. The van der Waals surface area contributed by atoms with Crippen LogP contribution in [0, 0.1) is 0 Å². The number of amides is 1. The van der Waals surface area contributed by atoms with E-state index in [0.717, 1.165) is 40.6 Å². The SMILES string of the molecule is N[C@H](Cc1ccccc1)C(=O)N1CCN(C2=Nc3ccccc3Sc3ccccc32)CC1. The predicted octanol–water partition coefficient (Wildman–Crippen LogP) is 3.94. The van der Waals surface area contributed by atoms with Gasteiger partial charge in [0.25, 0.3) is 0 Å². The van der Waals surface area contributed by atoms with E-state index in [1.54, 1.807) is 11.8 Å². The van der Waals surface area contributed by atoms with Crippen LogP contribution in [-0.4, -0.2) is 53.8 Å². The van der Waals surface area contributed by atoms with E-state index in [2.05, 4.69) is 47.4 Å². The van der Waals surface area contributed by atoms with E-state index in [4.69, 9.17) is 10.7 Å². The van der Waals surface area contributed by atoms with Gasteiger partial charge in [-0.1, -0.05) is 72.4 Å². The minimum absolute atomic E-state index is 0.0256. The van der Waals surface area contributed by atoms with Crippen molar-refractivity contribution in [2.24, 2.45) is 10.7 Å². The van der Waals surface area contributed by atoms with Gasteiger partial charge in [-0.2, -0.15) is 0 Å². The van der Waals surface area contributed by atoms with Crippen molar-refractivity contribution >= 4 is 29.2 Å². The summed E-state index contributed by atoms with van der Waals surface area (Å²) in [6.07, 6.45) is 0.563. The zero-order valence-corrected chi connectivity index (χ0v) is 18.7. The summed E-state index contributed by atoms with van der Waals surface area (Å²) in [6.45, 7) is 2.78. The van der Waals surface area contributed by atoms with E-state index in [-0.39, 0.29) is 5.91 Å². The Bertz CT molecular complexity index is 1140. The van der Waals surface area contributed by atoms with Gasteiger partial charge < -0.3 is 15.5 Å². The van der Waals surface area contributed by atoms with Gasteiger partial charge in [-0.25, -0.2) is 4.99 Å². The first-order chi connectivity index (χ1) is 15.7. The molecule has 0 spiro atoms. The molecule has 0 aromatic heterocycles. The maximum absolute atomic E-state index is 13.0. The fraction of sp³-hybridized carbons (Fsp3) is 0.231. The fourth-order valence-electron chi connectivity index (χ4n) is 4.24. The Hall–Kier alpha value is -3.09. The van der Waals surface area contributed by atoms with Crippen LogP contribution >= 0.6 is 11.8 Å². The number of hydrogen-bond acceptors (Lipinski definition) is 5. The largest absolute Gasteiger partial charge is 0.353 e. The van der Waals surface area contributed by atoms with Gasteiger partial charge in [0, 0.05) is 41.5 Å². The van der Waals surface area contributed by atoms with E-state index in [1.165, 1.54) is 4.90 Å². The molecule has 0 radical (unpaired) electrons. The number of fused-ring (bicyclic) bond motifs is 2. The maximum Gasteiger partial charge on any atom is 0.239 e. The molecule has 5 nitrogen and oxygen atoms in total. The first kappa shape index (κ1) is 20.8. The van der Waals surface area contributed by atoms with Crippen molar-refractivity contribution in [3.05, 3.63) is 90.0 Å². The molecule has 6 heteroatoms. The summed E-state index contributed by atoms with van der Waals surface area (Å²) in [7, 11) is 0. The minimum atomic E-state index is -0.511. The lowest BCUT2D eigenvalue weighted by Crippen LogP contribution is -2.54. The van der Waals surface area contributed by atoms with Crippen LogP contribution in [0.3, 0.4) is 0 Å². The highest BCUT2D eigenvalue weighted by Crippen LogP contribution is 2.40. The van der Waals surface area contributed by atoms with Crippen LogP contribution in [0.1, 0.15) is 11.1 Å². The lowest BCUT2D eigenvalue weighted by molar-refractivity contribution is -0.133. The summed E-state index contributed by atoms with van der Waals surface area (Å²) in [5.74, 6) is 1.01. The molecule has 1 fully saturated rings. The average molecular weight is 443 g/mol. The second-order valence-electron chi connectivity index (χ2n) is 8.11. The lowest BCUT2D eigenvalue weighted by atomic mass is 10.1. The highest BCUT2D eigenvalue weighted by Gasteiger charge is 2.29. The van der Waals surface area contributed by atoms with Gasteiger partial charge in [0.05, 0.1) is 11.7 Å². The number of benzene rings is 3.